The lowest BCUT2D eigenvalue weighted by atomic mass is 9.91. The summed E-state index contributed by atoms with van der Waals surface area (Å²) in [7, 11) is 0. The number of benzene rings is 3. The highest BCUT2D eigenvalue weighted by Gasteiger charge is 2.10. The number of hydrogen-bond acceptors (Lipinski definition) is 1. The van der Waals surface area contributed by atoms with Crippen LogP contribution in [0.3, 0.4) is 0 Å². The van der Waals surface area contributed by atoms with Gasteiger partial charge in [0.25, 0.3) is 0 Å². The molecule has 0 bridgehead atoms. The van der Waals surface area contributed by atoms with Gasteiger partial charge >= 0.3 is 0 Å². The van der Waals surface area contributed by atoms with Gasteiger partial charge < -0.3 is 4.90 Å². The maximum absolute atomic E-state index is 2.38. The number of aryl methyl sites for hydroxylation is 2. The van der Waals surface area contributed by atoms with Crippen molar-refractivity contribution in [1.29, 1.82) is 0 Å². The molecule has 1 heteroatoms. The van der Waals surface area contributed by atoms with Gasteiger partial charge in [-0.25, -0.2) is 0 Å². The Morgan fingerprint density at radius 3 is 2.07 bits per heavy atom. The lowest BCUT2D eigenvalue weighted by molar-refractivity contribution is 0.866. The van der Waals surface area contributed by atoms with Crippen LogP contribution in [0.15, 0.2) is 72.8 Å². The van der Waals surface area contributed by atoms with Crippen LogP contribution in [0.1, 0.15) is 41.7 Å². The van der Waals surface area contributed by atoms with Gasteiger partial charge in [-0.3, -0.25) is 0 Å². The number of rotatable bonds is 6. The molecule has 0 N–H and O–H groups in total. The lowest BCUT2D eigenvalue weighted by Gasteiger charge is -2.21. The van der Waals surface area contributed by atoms with E-state index in [0.29, 0.717) is 0 Å². The molecule has 0 fully saturated rings. The van der Waals surface area contributed by atoms with E-state index in [0.717, 1.165) is 13.1 Å². The fraction of sp³-hybridized carbons (Fsp3) is 0.231. The summed E-state index contributed by atoms with van der Waals surface area (Å²) in [5.41, 5.74) is 8.92. The first-order valence-corrected chi connectivity index (χ1v) is 9.82. The van der Waals surface area contributed by atoms with Gasteiger partial charge in [-0.05, 0) is 73.7 Å². The van der Waals surface area contributed by atoms with Crippen molar-refractivity contribution in [2.75, 3.05) is 18.0 Å². The van der Waals surface area contributed by atoms with Gasteiger partial charge in [0.2, 0.25) is 0 Å². The van der Waals surface area contributed by atoms with Crippen LogP contribution in [-0.2, 0) is 0 Å². The van der Waals surface area contributed by atoms with Crippen LogP contribution in [0.4, 0.5) is 5.69 Å². The van der Waals surface area contributed by atoms with Crippen molar-refractivity contribution in [3.63, 3.8) is 0 Å². The molecule has 0 heterocycles. The Morgan fingerprint density at radius 1 is 0.815 bits per heavy atom. The zero-order valence-electron chi connectivity index (χ0n) is 16.9. The fourth-order valence-electron chi connectivity index (χ4n) is 3.59. The first-order chi connectivity index (χ1) is 13.1. The predicted molar refractivity (Wildman–Crippen MR) is 119 cm³/mol. The average Bonchev–Trinajstić information content (AvgIpc) is 2.69. The molecule has 3 aromatic carbocycles. The monoisotopic (exact) mass is 355 g/mol. The highest BCUT2D eigenvalue weighted by Crippen LogP contribution is 2.30. The van der Waals surface area contributed by atoms with E-state index in [1.807, 2.05) is 0 Å². The molecule has 0 spiro atoms. The molecular weight excluding hydrogens is 326 g/mol. The summed E-state index contributed by atoms with van der Waals surface area (Å²) < 4.78 is 0. The molecule has 0 aliphatic carbocycles. The highest BCUT2D eigenvalue weighted by atomic mass is 15.1. The quantitative estimate of drug-likeness (QED) is 0.443. The third-order valence-electron chi connectivity index (χ3n) is 5.09. The normalized spacial score (nSPS) is 11.5. The van der Waals surface area contributed by atoms with Crippen LogP contribution in [-0.4, -0.2) is 13.1 Å². The molecule has 0 aliphatic rings. The molecule has 0 radical (unpaired) electrons. The Kier molecular flexibility index (Phi) is 6.13. The first-order valence-electron chi connectivity index (χ1n) is 9.82. The molecule has 3 rings (SSSR count). The van der Waals surface area contributed by atoms with Crippen LogP contribution < -0.4 is 4.90 Å². The zero-order chi connectivity index (χ0) is 19.2. The van der Waals surface area contributed by atoms with Crippen molar-refractivity contribution in [3.05, 3.63) is 101 Å². The minimum Gasteiger partial charge on any atom is -0.372 e. The largest absolute Gasteiger partial charge is 0.372 e. The maximum Gasteiger partial charge on any atom is 0.0366 e. The topological polar surface area (TPSA) is 3.24 Å². The van der Waals surface area contributed by atoms with Crippen LogP contribution in [0, 0.1) is 13.8 Å². The molecule has 0 atom stereocenters. The van der Waals surface area contributed by atoms with Crippen molar-refractivity contribution >= 4 is 17.3 Å². The van der Waals surface area contributed by atoms with E-state index in [1.165, 1.54) is 39.1 Å². The second-order valence-electron chi connectivity index (χ2n) is 7.01. The van der Waals surface area contributed by atoms with Crippen LogP contribution in [0.2, 0.25) is 0 Å². The summed E-state index contributed by atoms with van der Waals surface area (Å²) in [5, 5.41) is 0. The van der Waals surface area contributed by atoms with Crippen molar-refractivity contribution in [2.24, 2.45) is 0 Å². The summed E-state index contributed by atoms with van der Waals surface area (Å²) in [6, 6.07) is 26.3. The Bertz CT molecular complexity index is 901. The minimum atomic E-state index is 1.03. The number of hydrogen-bond donors (Lipinski definition) is 0. The first kappa shape index (κ1) is 19.0. The standard InChI is InChI=1S/C26H29N/c1-5-27(6-2)24-15-13-23(14-16-24)26(19-22-10-8-7-9-11-22)25-17-12-20(3)18-21(25)4/h7-19H,5-6H2,1-4H3/b26-19+. The van der Waals surface area contributed by atoms with Crippen molar-refractivity contribution in [3.8, 4) is 0 Å². The average molecular weight is 356 g/mol. The fourth-order valence-corrected chi connectivity index (χ4v) is 3.59. The third-order valence-corrected chi connectivity index (χ3v) is 5.09. The molecule has 0 aromatic heterocycles. The summed E-state index contributed by atoms with van der Waals surface area (Å²) in [6.45, 7) is 10.8. The second-order valence-corrected chi connectivity index (χ2v) is 7.01. The summed E-state index contributed by atoms with van der Waals surface area (Å²) in [5.74, 6) is 0. The van der Waals surface area contributed by atoms with Crippen LogP contribution in [0.25, 0.3) is 11.6 Å². The molecule has 0 aliphatic heterocycles. The van der Waals surface area contributed by atoms with E-state index in [-0.39, 0.29) is 0 Å². The molecular formula is C26H29N. The summed E-state index contributed by atoms with van der Waals surface area (Å²) in [6.07, 6.45) is 2.30. The minimum absolute atomic E-state index is 1.03. The zero-order valence-corrected chi connectivity index (χ0v) is 16.9. The summed E-state index contributed by atoms with van der Waals surface area (Å²) >= 11 is 0. The van der Waals surface area contributed by atoms with Gasteiger partial charge in [0, 0.05) is 18.8 Å². The second kappa shape index (κ2) is 8.73. The van der Waals surface area contributed by atoms with Crippen LogP contribution >= 0.6 is 0 Å². The third kappa shape index (κ3) is 4.49. The summed E-state index contributed by atoms with van der Waals surface area (Å²) in [4.78, 5) is 2.38. The smallest absolute Gasteiger partial charge is 0.0366 e. The Labute approximate surface area is 164 Å². The van der Waals surface area contributed by atoms with Gasteiger partial charge in [0.1, 0.15) is 0 Å². The highest BCUT2D eigenvalue weighted by molar-refractivity contribution is 5.92. The van der Waals surface area contributed by atoms with E-state index in [1.54, 1.807) is 0 Å². The molecule has 0 saturated heterocycles. The SMILES string of the molecule is CCN(CC)c1ccc(/C(=C\c2ccccc2)c2ccc(C)cc2C)cc1. The molecule has 0 unspecified atom stereocenters. The van der Waals surface area contributed by atoms with E-state index in [2.05, 4.69) is 111 Å². The molecule has 138 valence electrons. The van der Waals surface area contributed by atoms with Gasteiger partial charge in [-0.15, -0.1) is 0 Å². The Morgan fingerprint density at radius 2 is 1.48 bits per heavy atom. The van der Waals surface area contributed by atoms with Gasteiger partial charge in [-0.1, -0.05) is 66.2 Å². The molecule has 1 nitrogen and oxygen atoms in total. The van der Waals surface area contributed by atoms with E-state index in [4.69, 9.17) is 0 Å². The number of nitrogens with zero attached hydrogens (tertiary/aromatic N) is 1. The van der Waals surface area contributed by atoms with Crippen molar-refractivity contribution < 1.29 is 0 Å². The molecule has 3 aromatic rings. The lowest BCUT2D eigenvalue weighted by Crippen LogP contribution is -2.21. The van der Waals surface area contributed by atoms with Gasteiger partial charge in [-0.2, -0.15) is 0 Å². The molecule has 27 heavy (non-hydrogen) atoms. The Hall–Kier alpha value is -2.80. The van der Waals surface area contributed by atoms with Crippen molar-refractivity contribution in [2.45, 2.75) is 27.7 Å². The van der Waals surface area contributed by atoms with Gasteiger partial charge in [0.05, 0.1) is 0 Å². The van der Waals surface area contributed by atoms with E-state index >= 15 is 0 Å². The molecule has 0 amide bonds. The van der Waals surface area contributed by atoms with Crippen molar-refractivity contribution in [1.82, 2.24) is 0 Å². The Balaban J connectivity index is 2.09. The van der Waals surface area contributed by atoms with Crippen LogP contribution in [0.5, 0.6) is 0 Å². The van der Waals surface area contributed by atoms with Gasteiger partial charge in [0.15, 0.2) is 0 Å². The van der Waals surface area contributed by atoms with E-state index < -0.39 is 0 Å². The maximum atomic E-state index is 2.38. The molecule has 0 saturated carbocycles. The van der Waals surface area contributed by atoms with E-state index in [9.17, 15) is 0 Å². The number of anilines is 1. The predicted octanol–water partition coefficient (Wildman–Crippen LogP) is 6.74.